The Morgan fingerprint density at radius 2 is 0.835 bits per heavy atom. The number of amides is 5. The van der Waals surface area contributed by atoms with Crippen molar-refractivity contribution in [2.75, 3.05) is 32.6 Å². The first-order valence-corrected chi connectivity index (χ1v) is 24.1. The van der Waals surface area contributed by atoms with Gasteiger partial charge in [0.15, 0.2) is 6.04 Å². The number of fused-ring (bicyclic) bond motifs is 2. The molecular formula is C58H72N10O11. The number of benzene rings is 5. The Morgan fingerprint density at radius 3 is 1.19 bits per heavy atom. The summed E-state index contributed by atoms with van der Waals surface area (Å²) in [4.78, 5) is 89.7. The summed E-state index contributed by atoms with van der Waals surface area (Å²) in [5.41, 5.74) is 17.3. The maximum Gasteiger partial charge on any atom is 0.408 e. The van der Waals surface area contributed by atoms with Crippen LogP contribution in [0.4, 0.5) is 21.2 Å². The number of nitrogens with zero attached hydrogens (tertiary/aromatic N) is 2. The highest BCUT2D eigenvalue weighted by Crippen LogP contribution is 2.23. The molecule has 0 saturated carbocycles. The SMILES string of the molecule is C.CC(C)(C)OC(=O)NC(C(=O)O)c1ccccc1.CN.CNC(=O)C(NC(=O)OC(C)(C)C)c1ccccc1.CNC(=O)C(NC(=O)c1ccc2ccnc(N)c2c1)c1ccccc1.Nc1nccc2ccc(C(=O)O)cc12. The van der Waals surface area contributed by atoms with Crippen LogP contribution in [0, 0.1) is 0 Å². The fourth-order valence-electron chi connectivity index (χ4n) is 6.83. The third-order valence-corrected chi connectivity index (χ3v) is 10.4. The largest absolute Gasteiger partial charge is 0.479 e. The van der Waals surface area contributed by atoms with Gasteiger partial charge in [0.1, 0.15) is 34.9 Å². The Hall–Kier alpha value is -9.63. The molecule has 3 atom stereocenters. The van der Waals surface area contributed by atoms with Gasteiger partial charge in [0, 0.05) is 42.8 Å². The number of nitrogen functional groups attached to an aromatic ring is 2. The van der Waals surface area contributed by atoms with Crippen molar-refractivity contribution < 1.29 is 53.2 Å². The Balaban J connectivity index is 0.000000361. The number of alkyl carbamates (subject to hydrolysis) is 2. The molecule has 0 aliphatic rings. The highest BCUT2D eigenvalue weighted by atomic mass is 16.6. The maximum atomic E-state index is 12.7. The van der Waals surface area contributed by atoms with Gasteiger partial charge in [-0.05, 0) is 112 Å². The summed E-state index contributed by atoms with van der Waals surface area (Å²) in [6.45, 7) is 10.4. The fraction of sp³-hybridized carbons (Fsp3) is 0.259. The van der Waals surface area contributed by atoms with Gasteiger partial charge in [-0.2, -0.15) is 0 Å². The molecule has 5 aromatic carbocycles. The number of rotatable bonds is 11. The van der Waals surface area contributed by atoms with E-state index >= 15 is 0 Å². The number of carbonyl (C=O) groups is 7. The van der Waals surface area contributed by atoms with E-state index in [1.165, 1.54) is 27.2 Å². The molecule has 2 aromatic heterocycles. The molecule has 0 aliphatic heterocycles. The molecule has 7 aromatic rings. The highest BCUT2D eigenvalue weighted by molar-refractivity contribution is 6.03. The zero-order valence-corrected chi connectivity index (χ0v) is 44.9. The van der Waals surface area contributed by atoms with Crippen molar-refractivity contribution in [2.45, 2.75) is 78.3 Å². The number of carboxylic acids is 2. The van der Waals surface area contributed by atoms with Gasteiger partial charge in [-0.1, -0.05) is 111 Å². The molecular weight excluding hydrogens is 1010 g/mol. The van der Waals surface area contributed by atoms with Crippen LogP contribution in [0.3, 0.4) is 0 Å². The van der Waals surface area contributed by atoms with Crippen LogP contribution >= 0.6 is 0 Å². The van der Waals surface area contributed by atoms with Gasteiger partial charge >= 0.3 is 24.1 Å². The van der Waals surface area contributed by atoms with Crippen LogP contribution in [0.5, 0.6) is 0 Å². The molecule has 420 valence electrons. The molecule has 21 heteroatoms. The highest BCUT2D eigenvalue weighted by Gasteiger charge is 2.27. The number of aromatic nitrogens is 2. The van der Waals surface area contributed by atoms with E-state index in [9.17, 15) is 33.6 Å². The van der Waals surface area contributed by atoms with Crippen molar-refractivity contribution in [3.8, 4) is 0 Å². The van der Waals surface area contributed by atoms with Gasteiger partial charge in [0.05, 0.1) is 5.56 Å². The van der Waals surface area contributed by atoms with Crippen LogP contribution in [0.1, 0.15) is 105 Å². The topological polar surface area (TPSA) is 342 Å². The van der Waals surface area contributed by atoms with Crippen molar-refractivity contribution in [1.82, 2.24) is 36.6 Å². The van der Waals surface area contributed by atoms with E-state index in [1.54, 1.807) is 145 Å². The summed E-state index contributed by atoms with van der Waals surface area (Å²) in [6.07, 6.45) is 1.84. The lowest BCUT2D eigenvalue weighted by molar-refractivity contribution is -0.139. The summed E-state index contributed by atoms with van der Waals surface area (Å²) < 4.78 is 10.2. The second kappa shape index (κ2) is 31.4. The second-order valence-electron chi connectivity index (χ2n) is 18.4. The number of aromatic carboxylic acids is 1. The molecule has 0 fully saturated rings. The zero-order valence-electron chi connectivity index (χ0n) is 44.9. The van der Waals surface area contributed by atoms with Crippen LogP contribution in [0.15, 0.2) is 152 Å². The molecule has 0 radical (unpaired) electrons. The van der Waals surface area contributed by atoms with E-state index in [1.807, 2.05) is 42.5 Å². The molecule has 3 unspecified atom stereocenters. The summed E-state index contributed by atoms with van der Waals surface area (Å²) in [5, 5.41) is 33.8. The molecule has 0 aliphatic carbocycles. The third-order valence-electron chi connectivity index (χ3n) is 10.4. The van der Waals surface area contributed by atoms with Gasteiger partial charge in [0.2, 0.25) is 11.8 Å². The molecule has 13 N–H and O–H groups in total. The van der Waals surface area contributed by atoms with E-state index in [-0.39, 0.29) is 30.7 Å². The summed E-state index contributed by atoms with van der Waals surface area (Å²) in [6, 6.07) is 37.5. The lowest BCUT2D eigenvalue weighted by Crippen LogP contribution is -2.41. The van der Waals surface area contributed by atoms with Crippen LogP contribution in [-0.2, 0) is 23.9 Å². The molecule has 5 amide bonds. The molecule has 0 spiro atoms. The first-order chi connectivity index (χ1) is 36.9. The minimum Gasteiger partial charge on any atom is -0.479 e. The Labute approximate surface area is 459 Å². The monoisotopic (exact) mass is 1080 g/mol. The van der Waals surface area contributed by atoms with Crippen LogP contribution in [0.25, 0.3) is 21.5 Å². The van der Waals surface area contributed by atoms with E-state index in [4.69, 9.17) is 31.2 Å². The predicted octanol–water partition coefficient (Wildman–Crippen LogP) is 8.10. The van der Waals surface area contributed by atoms with Gasteiger partial charge in [-0.25, -0.2) is 29.1 Å². The number of hydrogen-bond donors (Lipinski definition) is 10. The van der Waals surface area contributed by atoms with Gasteiger partial charge in [-0.15, -0.1) is 0 Å². The van der Waals surface area contributed by atoms with Crippen molar-refractivity contribution in [3.63, 3.8) is 0 Å². The number of carbonyl (C=O) groups excluding carboxylic acids is 5. The standard InChI is InChI=1S/C19H18N4O2.C14H20N2O3.C13H17NO4.C10H8N2O2.CH5N.CH4/c1-21-19(25)16(13-5-3-2-4-6-13)23-18(24)14-8-7-12-9-10-22-17(20)15(12)11-14;1-14(2,3)19-13(18)16-11(12(17)15-4)10-8-6-5-7-9-10;1-13(2,3)18-12(17)14-10(11(15)16)9-7-5-4-6-8-9;11-9-8-5-7(10(13)14)2-1-6(8)3-4-12-9;1-2;/h2-11,16H,1H3,(H2,20,22)(H,21,25)(H,23,24);5-9,11H,1-4H3,(H,15,17)(H,16,18);4-8,10H,1-3H3,(H,14,17)(H,15,16);1-5H,(H2,11,12)(H,13,14);2H2,1H3;1H4. The summed E-state index contributed by atoms with van der Waals surface area (Å²) >= 11 is 0. The predicted molar refractivity (Wildman–Crippen MR) is 306 cm³/mol. The normalized spacial score (nSPS) is 11.5. The lowest BCUT2D eigenvalue weighted by Gasteiger charge is -2.23. The van der Waals surface area contributed by atoms with Crippen molar-refractivity contribution in [2.24, 2.45) is 5.73 Å². The van der Waals surface area contributed by atoms with Crippen LogP contribution in [0.2, 0.25) is 0 Å². The average Bonchev–Trinajstić information content (AvgIpc) is 3.44. The average molecular weight is 1090 g/mol. The number of likely N-dealkylation sites (N-methyl/N-ethyl adjacent to an activating group) is 2. The van der Waals surface area contributed by atoms with Crippen molar-refractivity contribution >= 4 is 75.0 Å². The Kier molecular flexibility index (Phi) is 26.0. The molecule has 2 heterocycles. The number of nitrogens with one attached hydrogen (secondary N) is 5. The van der Waals surface area contributed by atoms with Gasteiger partial charge in [-0.3, -0.25) is 14.4 Å². The number of ether oxygens (including phenoxy) is 2. The third kappa shape index (κ3) is 21.5. The van der Waals surface area contributed by atoms with Crippen molar-refractivity contribution in [1.29, 1.82) is 0 Å². The number of carboxylic acid groups (broad SMARTS) is 2. The fourth-order valence-corrected chi connectivity index (χ4v) is 6.83. The summed E-state index contributed by atoms with van der Waals surface area (Å²) in [5.74, 6) is -2.33. The number of pyridine rings is 2. The second-order valence-corrected chi connectivity index (χ2v) is 18.4. The minimum absolute atomic E-state index is 0. The van der Waals surface area contributed by atoms with E-state index in [2.05, 4.69) is 42.3 Å². The molecule has 0 bridgehead atoms. The molecule has 7 rings (SSSR count). The summed E-state index contributed by atoms with van der Waals surface area (Å²) in [7, 11) is 4.56. The van der Waals surface area contributed by atoms with Crippen LogP contribution < -0.4 is 43.8 Å². The minimum atomic E-state index is -1.13. The zero-order chi connectivity index (χ0) is 58.2. The van der Waals surface area contributed by atoms with E-state index < -0.39 is 53.5 Å². The van der Waals surface area contributed by atoms with Gasteiger partial charge < -0.3 is 63.5 Å². The maximum absolute atomic E-state index is 12.7. The first kappa shape index (κ1) is 65.5. The smallest absolute Gasteiger partial charge is 0.408 e. The van der Waals surface area contributed by atoms with E-state index in [0.717, 1.165) is 10.8 Å². The van der Waals surface area contributed by atoms with Crippen LogP contribution in [-0.4, -0.2) is 94.4 Å². The number of anilines is 2. The molecule has 79 heavy (non-hydrogen) atoms. The number of hydrogen-bond acceptors (Lipinski definition) is 14. The lowest BCUT2D eigenvalue weighted by atomic mass is 10.0. The Bertz CT molecular complexity index is 3120. The molecule has 21 nitrogen and oxygen atoms in total. The van der Waals surface area contributed by atoms with Crippen molar-refractivity contribution in [3.05, 3.63) is 180 Å². The van der Waals surface area contributed by atoms with Gasteiger partial charge in [0.25, 0.3) is 5.91 Å². The Morgan fingerprint density at radius 1 is 0.494 bits per heavy atom. The number of nitrogens with two attached hydrogens (primary N) is 3. The first-order valence-electron chi connectivity index (χ1n) is 24.1. The number of aliphatic carboxylic acids is 1. The molecule has 0 saturated heterocycles. The quantitative estimate of drug-likeness (QED) is 0.0585. The van der Waals surface area contributed by atoms with E-state index in [0.29, 0.717) is 44.7 Å².